The fraction of sp³-hybridized carbons (Fsp3) is 0.0833. The molecule has 0 saturated heterocycles. The van der Waals surface area contributed by atoms with Gasteiger partial charge < -0.3 is 10.5 Å². The predicted molar refractivity (Wildman–Crippen MR) is 71.0 cm³/mol. The first-order valence-corrected chi connectivity index (χ1v) is 5.58. The fourth-order valence-electron chi connectivity index (χ4n) is 1.55. The molecule has 1 aromatic carbocycles. The van der Waals surface area contributed by atoms with Crippen LogP contribution in [0.2, 0.25) is 0 Å². The first-order chi connectivity index (χ1) is 9.49. The average molecular weight is 273 g/mol. The molecule has 0 radical (unpaired) electrons. The van der Waals surface area contributed by atoms with Crippen LogP contribution in [-0.2, 0) is 0 Å². The van der Waals surface area contributed by atoms with E-state index in [1.807, 2.05) is 0 Å². The van der Waals surface area contributed by atoms with E-state index in [0.29, 0.717) is 5.56 Å². The van der Waals surface area contributed by atoms with Gasteiger partial charge in [-0.15, -0.1) is 0 Å². The van der Waals surface area contributed by atoms with E-state index >= 15 is 0 Å². The van der Waals surface area contributed by atoms with Gasteiger partial charge in [-0.25, -0.2) is 4.98 Å². The molecular formula is C12H11N5O3. The topological polar surface area (TPSA) is 128 Å². The summed E-state index contributed by atoms with van der Waals surface area (Å²) >= 11 is 0. The molecule has 20 heavy (non-hydrogen) atoms. The van der Waals surface area contributed by atoms with Crippen molar-refractivity contribution in [1.82, 2.24) is 9.97 Å². The SMILES string of the molecule is Cc1c(Oc2nccc(C(=N)N)n2)cccc1[N+](=O)[O-]. The van der Waals surface area contributed by atoms with Gasteiger partial charge in [-0.3, -0.25) is 15.5 Å². The van der Waals surface area contributed by atoms with Gasteiger partial charge in [-0.2, -0.15) is 4.98 Å². The van der Waals surface area contributed by atoms with Gasteiger partial charge in [-0.05, 0) is 19.1 Å². The zero-order valence-corrected chi connectivity index (χ0v) is 10.5. The molecule has 0 aliphatic rings. The first kappa shape index (κ1) is 13.4. The van der Waals surface area contributed by atoms with E-state index in [1.54, 1.807) is 13.0 Å². The van der Waals surface area contributed by atoms with Crippen LogP contribution in [0.15, 0.2) is 30.5 Å². The largest absolute Gasteiger partial charge is 0.424 e. The Balaban J connectivity index is 2.35. The number of nitrogen functional groups attached to an aromatic ring is 1. The third kappa shape index (κ3) is 2.69. The van der Waals surface area contributed by atoms with Crippen molar-refractivity contribution in [2.45, 2.75) is 6.92 Å². The van der Waals surface area contributed by atoms with Gasteiger partial charge in [-0.1, -0.05) is 6.07 Å². The molecule has 0 aliphatic heterocycles. The molecule has 0 spiro atoms. The zero-order chi connectivity index (χ0) is 14.7. The minimum absolute atomic E-state index is 0.0266. The third-order valence-electron chi connectivity index (χ3n) is 2.56. The number of amidine groups is 1. The number of aromatic nitrogens is 2. The number of nitrogens with zero attached hydrogens (tertiary/aromatic N) is 3. The van der Waals surface area contributed by atoms with Crippen LogP contribution in [0, 0.1) is 22.4 Å². The molecule has 0 fully saturated rings. The number of benzene rings is 1. The molecule has 102 valence electrons. The Morgan fingerprint density at radius 1 is 1.45 bits per heavy atom. The normalized spacial score (nSPS) is 10.1. The van der Waals surface area contributed by atoms with Crippen LogP contribution in [0.25, 0.3) is 0 Å². The van der Waals surface area contributed by atoms with E-state index in [9.17, 15) is 10.1 Å². The molecule has 0 aliphatic carbocycles. The standard InChI is InChI=1S/C12H11N5O3/c1-7-9(17(18)19)3-2-4-10(7)20-12-15-6-5-8(16-12)11(13)14/h2-6H,1H3,(H3,13,14). The summed E-state index contributed by atoms with van der Waals surface area (Å²) in [4.78, 5) is 18.2. The number of rotatable bonds is 4. The van der Waals surface area contributed by atoms with E-state index < -0.39 is 4.92 Å². The van der Waals surface area contributed by atoms with Crippen LogP contribution in [0.1, 0.15) is 11.3 Å². The number of nitrogens with two attached hydrogens (primary N) is 1. The predicted octanol–water partition coefficient (Wildman–Crippen LogP) is 1.77. The minimum atomic E-state index is -0.491. The lowest BCUT2D eigenvalue weighted by molar-refractivity contribution is -0.385. The fourth-order valence-corrected chi connectivity index (χ4v) is 1.55. The number of nitrogens with one attached hydrogen (secondary N) is 1. The maximum Gasteiger partial charge on any atom is 0.322 e. The van der Waals surface area contributed by atoms with Gasteiger partial charge in [0.05, 0.1) is 10.5 Å². The Labute approximate surface area is 113 Å². The van der Waals surface area contributed by atoms with Crippen LogP contribution >= 0.6 is 0 Å². The number of nitro groups is 1. The van der Waals surface area contributed by atoms with Crippen molar-refractivity contribution in [2.75, 3.05) is 0 Å². The lowest BCUT2D eigenvalue weighted by atomic mass is 10.2. The monoisotopic (exact) mass is 273 g/mol. The molecule has 8 nitrogen and oxygen atoms in total. The first-order valence-electron chi connectivity index (χ1n) is 5.58. The van der Waals surface area contributed by atoms with Crippen molar-refractivity contribution < 1.29 is 9.66 Å². The summed E-state index contributed by atoms with van der Waals surface area (Å²) in [5, 5.41) is 18.1. The number of hydrogen-bond acceptors (Lipinski definition) is 6. The maximum absolute atomic E-state index is 10.8. The lowest BCUT2D eigenvalue weighted by Gasteiger charge is -2.07. The highest BCUT2D eigenvalue weighted by atomic mass is 16.6. The van der Waals surface area contributed by atoms with E-state index in [2.05, 4.69) is 9.97 Å². The van der Waals surface area contributed by atoms with Gasteiger partial charge in [0.2, 0.25) is 0 Å². The molecule has 3 N–H and O–H groups in total. The van der Waals surface area contributed by atoms with Gasteiger partial charge in [0.15, 0.2) is 0 Å². The van der Waals surface area contributed by atoms with Gasteiger partial charge in [0.1, 0.15) is 17.3 Å². The summed E-state index contributed by atoms with van der Waals surface area (Å²) in [6.07, 6.45) is 1.39. The number of nitro benzene ring substituents is 1. The number of hydrogen-bond donors (Lipinski definition) is 2. The van der Waals surface area contributed by atoms with E-state index in [-0.39, 0.29) is 29.0 Å². The van der Waals surface area contributed by atoms with E-state index in [0.717, 1.165) is 0 Å². The molecule has 2 aromatic rings. The second-order valence-corrected chi connectivity index (χ2v) is 3.90. The van der Waals surface area contributed by atoms with Crippen molar-refractivity contribution >= 4 is 11.5 Å². The summed E-state index contributed by atoms with van der Waals surface area (Å²) in [5.41, 5.74) is 5.86. The highest BCUT2D eigenvalue weighted by Gasteiger charge is 2.15. The molecule has 0 atom stereocenters. The summed E-state index contributed by atoms with van der Waals surface area (Å²) < 4.78 is 5.41. The Bertz CT molecular complexity index is 687. The maximum atomic E-state index is 10.8. The molecule has 1 aromatic heterocycles. The van der Waals surface area contributed by atoms with Crippen LogP contribution in [0.5, 0.6) is 11.8 Å². The molecule has 8 heteroatoms. The molecule has 0 unspecified atom stereocenters. The van der Waals surface area contributed by atoms with E-state index in [1.165, 1.54) is 24.4 Å². The van der Waals surface area contributed by atoms with E-state index in [4.69, 9.17) is 15.9 Å². The van der Waals surface area contributed by atoms with Crippen molar-refractivity contribution in [1.29, 1.82) is 5.41 Å². The smallest absolute Gasteiger partial charge is 0.322 e. The molecule has 0 saturated carbocycles. The molecule has 2 rings (SSSR count). The zero-order valence-electron chi connectivity index (χ0n) is 10.5. The van der Waals surface area contributed by atoms with Gasteiger partial charge in [0, 0.05) is 12.3 Å². The Morgan fingerprint density at radius 3 is 2.85 bits per heavy atom. The third-order valence-corrected chi connectivity index (χ3v) is 2.56. The van der Waals surface area contributed by atoms with Crippen molar-refractivity contribution in [3.05, 3.63) is 51.8 Å². The quantitative estimate of drug-likeness (QED) is 0.378. The number of ether oxygens (including phenoxy) is 1. The molecule has 0 amide bonds. The van der Waals surface area contributed by atoms with Crippen LogP contribution in [0.3, 0.4) is 0 Å². The van der Waals surface area contributed by atoms with Crippen molar-refractivity contribution in [2.24, 2.45) is 5.73 Å². The molecule has 0 bridgehead atoms. The van der Waals surface area contributed by atoms with Crippen LogP contribution in [-0.4, -0.2) is 20.7 Å². The summed E-state index contributed by atoms with van der Waals surface area (Å²) in [5.74, 6) is 0.0629. The average Bonchev–Trinajstić information content (AvgIpc) is 2.41. The van der Waals surface area contributed by atoms with Gasteiger partial charge in [0.25, 0.3) is 5.69 Å². The van der Waals surface area contributed by atoms with Crippen molar-refractivity contribution in [3.8, 4) is 11.8 Å². The summed E-state index contributed by atoms with van der Waals surface area (Å²) in [6, 6.07) is 5.91. The molecular weight excluding hydrogens is 262 g/mol. The van der Waals surface area contributed by atoms with Crippen LogP contribution in [0.4, 0.5) is 5.69 Å². The Morgan fingerprint density at radius 2 is 2.20 bits per heavy atom. The summed E-state index contributed by atoms with van der Waals surface area (Å²) in [7, 11) is 0. The second-order valence-electron chi connectivity index (χ2n) is 3.90. The van der Waals surface area contributed by atoms with Crippen molar-refractivity contribution in [3.63, 3.8) is 0 Å². The van der Waals surface area contributed by atoms with Gasteiger partial charge >= 0.3 is 6.01 Å². The Kier molecular flexibility index (Phi) is 3.56. The highest BCUT2D eigenvalue weighted by molar-refractivity contribution is 5.92. The minimum Gasteiger partial charge on any atom is -0.424 e. The van der Waals surface area contributed by atoms with Crippen LogP contribution < -0.4 is 10.5 Å². The second kappa shape index (κ2) is 5.31. The summed E-state index contributed by atoms with van der Waals surface area (Å²) in [6.45, 7) is 1.57. The Hall–Kier alpha value is -3.03. The molecule has 1 heterocycles. The lowest BCUT2D eigenvalue weighted by Crippen LogP contribution is -2.13. The highest BCUT2D eigenvalue weighted by Crippen LogP contribution is 2.29.